The van der Waals surface area contributed by atoms with Gasteiger partial charge in [-0.1, -0.05) is 6.07 Å². The number of nitrogens with one attached hydrogen (secondary N) is 1. The number of esters is 1. The Balaban J connectivity index is 2.55. The molecule has 1 aromatic rings. The highest BCUT2D eigenvalue weighted by Crippen LogP contribution is 2.16. The lowest BCUT2D eigenvalue weighted by Crippen LogP contribution is -2.34. The topological polar surface area (TPSA) is 38.3 Å². The molecule has 1 aromatic carbocycles. The van der Waals surface area contributed by atoms with Crippen LogP contribution in [-0.4, -0.2) is 19.1 Å². The molecule has 88 valence electrons. The maximum Gasteiger partial charge on any atom is 0.322 e. The Bertz CT molecular complexity index is 384. The van der Waals surface area contributed by atoms with Crippen molar-refractivity contribution < 1.29 is 13.9 Å². The second-order valence-corrected chi connectivity index (χ2v) is 4.23. The first-order chi connectivity index (χ1) is 7.54. The third-order valence-electron chi connectivity index (χ3n) is 2.15. The number of benzene rings is 1. The molecule has 1 N–H and O–H groups in total. The molecule has 3 nitrogen and oxygen atoms in total. The van der Waals surface area contributed by atoms with E-state index in [0.717, 1.165) is 5.56 Å². The van der Waals surface area contributed by atoms with Crippen LogP contribution in [-0.2, 0) is 16.1 Å². The van der Waals surface area contributed by atoms with Gasteiger partial charge in [0.15, 0.2) is 0 Å². The van der Waals surface area contributed by atoms with Crippen LogP contribution >= 0.6 is 15.9 Å². The summed E-state index contributed by atoms with van der Waals surface area (Å²) in [6, 6.07) is 4.43. The standard InChI is InChI=1S/C11H13BrFNO2/c1-7(11(15)16-2)14-6-8-3-4-9(12)10(13)5-8/h3-5,7,14H,6H2,1-2H3. The molecule has 0 saturated heterocycles. The van der Waals surface area contributed by atoms with Crippen LogP contribution in [0.5, 0.6) is 0 Å². The molecule has 0 aromatic heterocycles. The molecule has 0 bridgehead atoms. The average Bonchev–Trinajstić information content (AvgIpc) is 2.29. The fraction of sp³-hybridized carbons (Fsp3) is 0.364. The van der Waals surface area contributed by atoms with Crippen LogP contribution in [0.4, 0.5) is 4.39 Å². The van der Waals surface area contributed by atoms with Gasteiger partial charge < -0.3 is 10.1 Å². The normalized spacial score (nSPS) is 12.2. The fourth-order valence-electron chi connectivity index (χ4n) is 1.18. The van der Waals surface area contributed by atoms with Gasteiger partial charge in [0.25, 0.3) is 0 Å². The van der Waals surface area contributed by atoms with Gasteiger partial charge in [0.05, 0.1) is 11.6 Å². The quantitative estimate of drug-likeness (QED) is 0.864. The molecule has 0 saturated carbocycles. The van der Waals surface area contributed by atoms with Crippen LogP contribution in [0.15, 0.2) is 22.7 Å². The third kappa shape index (κ3) is 3.57. The van der Waals surface area contributed by atoms with Crippen molar-refractivity contribution in [1.82, 2.24) is 5.32 Å². The van der Waals surface area contributed by atoms with Gasteiger partial charge in [-0.05, 0) is 40.5 Å². The highest BCUT2D eigenvalue weighted by Gasteiger charge is 2.11. The van der Waals surface area contributed by atoms with Crippen LogP contribution in [0.2, 0.25) is 0 Å². The first-order valence-electron chi connectivity index (χ1n) is 4.79. The van der Waals surface area contributed by atoms with E-state index in [0.29, 0.717) is 11.0 Å². The minimum Gasteiger partial charge on any atom is -0.468 e. The van der Waals surface area contributed by atoms with Crippen molar-refractivity contribution >= 4 is 21.9 Å². The zero-order valence-corrected chi connectivity index (χ0v) is 10.7. The van der Waals surface area contributed by atoms with Crippen LogP contribution in [0.3, 0.4) is 0 Å². The summed E-state index contributed by atoms with van der Waals surface area (Å²) in [5.74, 6) is -0.650. The molecule has 0 heterocycles. The van der Waals surface area contributed by atoms with Crippen molar-refractivity contribution in [3.63, 3.8) is 0 Å². The lowest BCUT2D eigenvalue weighted by molar-refractivity contribution is -0.142. The Morgan fingerprint density at radius 1 is 1.62 bits per heavy atom. The minimum absolute atomic E-state index is 0.315. The molecule has 0 aliphatic heterocycles. The van der Waals surface area contributed by atoms with E-state index < -0.39 is 6.04 Å². The van der Waals surface area contributed by atoms with E-state index in [9.17, 15) is 9.18 Å². The van der Waals surface area contributed by atoms with Gasteiger partial charge in [0.2, 0.25) is 0 Å². The molecule has 0 aliphatic carbocycles. The molecule has 0 aliphatic rings. The monoisotopic (exact) mass is 289 g/mol. The summed E-state index contributed by atoms with van der Waals surface area (Å²) in [4.78, 5) is 11.1. The van der Waals surface area contributed by atoms with E-state index in [4.69, 9.17) is 0 Å². The average molecular weight is 290 g/mol. The van der Waals surface area contributed by atoms with Gasteiger partial charge in [0.1, 0.15) is 11.9 Å². The van der Waals surface area contributed by atoms with Crippen molar-refractivity contribution in [3.05, 3.63) is 34.1 Å². The van der Waals surface area contributed by atoms with E-state index in [2.05, 4.69) is 26.0 Å². The Morgan fingerprint density at radius 3 is 2.88 bits per heavy atom. The summed E-state index contributed by atoms with van der Waals surface area (Å²) >= 11 is 3.07. The lowest BCUT2D eigenvalue weighted by Gasteiger charge is -2.11. The summed E-state index contributed by atoms with van der Waals surface area (Å²) in [6.07, 6.45) is 0. The molecule has 1 unspecified atom stereocenters. The molecule has 1 rings (SSSR count). The number of carbonyl (C=O) groups excluding carboxylic acids is 1. The van der Waals surface area contributed by atoms with Crippen molar-refractivity contribution in [2.45, 2.75) is 19.5 Å². The molecule has 0 radical (unpaired) electrons. The number of rotatable bonds is 4. The zero-order valence-electron chi connectivity index (χ0n) is 9.09. The van der Waals surface area contributed by atoms with Crippen molar-refractivity contribution in [1.29, 1.82) is 0 Å². The third-order valence-corrected chi connectivity index (χ3v) is 2.79. The van der Waals surface area contributed by atoms with E-state index in [1.54, 1.807) is 19.1 Å². The number of carbonyl (C=O) groups is 1. The number of halogens is 2. The Hall–Kier alpha value is -0.940. The summed E-state index contributed by atoms with van der Waals surface area (Å²) in [5, 5.41) is 2.94. The molecule has 16 heavy (non-hydrogen) atoms. The molecule has 0 spiro atoms. The summed E-state index contributed by atoms with van der Waals surface area (Å²) in [7, 11) is 1.33. The van der Waals surface area contributed by atoms with Gasteiger partial charge >= 0.3 is 5.97 Å². The predicted octanol–water partition coefficient (Wildman–Crippen LogP) is 2.24. The summed E-state index contributed by atoms with van der Waals surface area (Å²) in [6.45, 7) is 2.11. The van der Waals surface area contributed by atoms with Gasteiger partial charge in [-0.2, -0.15) is 0 Å². The van der Waals surface area contributed by atoms with E-state index in [-0.39, 0.29) is 11.8 Å². The van der Waals surface area contributed by atoms with E-state index >= 15 is 0 Å². The first kappa shape index (κ1) is 13.1. The number of ether oxygens (including phenoxy) is 1. The molecular formula is C11H13BrFNO2. The highest BCUT2D eigenvalue weighted by atomic mass is 79.9. The van der Waals surface area contributed by atoms with Crippen LogP contribution in [0, 0.1) is 5.82 Å². The Labute approximate surface area is 102 Å². The lowest BCUT2D eigenvalue weighted by atomic mass is 10.2. The van der Waals surface area contributed by atoms with Gasteiger partial charge in [-0.3, -0.25) is 4.79 Å². The van der Waals surface area contributed by atoms with Crippen molar-refractivity contribution in [2.24, 2.45) is 0 Å². The summed E-state index contributed by atoms with van der Waals surface area (Å²) < 4.78 is 18.2. The highest BCUT2D eigenvalue weighted by molar-refractivity contribution is 9.10. The molecular weight excluding hydrogens is 277 g/mol. The smallest absolute Gasteiger partial charge is 0.322 e. The molecule has 5 heteroatoms. The predicted molar refractivity (Wildman–Crippen MR) is 62.4 cm³/mol. The van der Waals surface area contributed by atoms with Crippen molar-refractivity contribution in [2.75, 3.05) is 7.11 Å². The van der Waals surface area contributed by atoms with Crippen LogP contribution in [0.1, 0.15) is 12.5 Å². The van der Waals surface area contributed by atoms with Gasteiger partial charge in [-0.25, -0.2) is 4.39 Å². The summed E-state index contributed by atoms with van der Waals surface area (Å²) in [5.41, 5.74) is 0.774. The van der Waals surface area contributed by atoms with Gasteiger partial charge in [-0.15, -0.1) is 0 Å². The second kappa shape index (κ2) is 5.96. The molecule has 0 fully saturated rings. The SMILES string of the molecule is COC(=O)C(C)NCc1ccc(Br)c(F)c1. The second-order valence-electron chi connectivity index (χ2n) is 3.37. The number of hydrogen-bond acceptors (Lipinski definition) is 3. The van der Waals surface area contributed by atoms with E-state index in [1.165, 1.54) is 13.2 Å². The Morgan fingerprint density at radius 2 is 2.31 bits per heavy atom. The Kier molecular flexibility index (Phi) is 4.89. The van der Waals surface area contributed by atoms with Gasteiger partial charge in [0, 0.05) is 6.54 Å². The van der Waals surface area contributed by atoms with E-state index in [1.807, 2.05) is 0 Å². The maximum absolute atomic E-state index is 13.2. The van der Waals surface area contributed by atoms with Crippen LogP contribution in [0.25, 0.3) is 0 Å². The molecule has 1 atom stereocenters. The molecule has 0 amide bonds. The van der Waals surface area contributed by atoms with Crippen molar-refractivity contribution in [3.8, 4) is 0 Å². The fourth-order valence-corrected chi connectivity index (χ4v) is 1.43. The maximum atomic E-state index is 13.2. The largest absolute Gasteiger partial charge is 0.468 e. The first-order valence-corrected chi connectivity index (χ1v) is 5.59. The van der Waals surface area contributed by atoms with Crippen LogP contribution < -0.4 is 5.32 Å². The number of methoxy groups -OCH3 is 1. The minimum atomic E-state index is -0.406. The zero-order chi connectivity index (χ0) is 12.1. The number of hydrogen-bond donors (Lipinski definition) is 1.